The van der Waals surface area contributed by atoms with E-state index >= 15 is 0 Å². The van der Waals surface area contributed by atoms with Crippen LogP contribution in [0.4, 0.5) is 0 Å². The Morgan fingerprint density at radius 2 is 2.38 bits per heavy atom. The highest BCUT2D eigenvalue weighted by molar-refractivity contribution is 4.87. The Labute approximate surface area is 48.8 Å². The predicted octanol–water partition coefficient (Wildman–Crippen LogP) is 0.180. The molecule has 1 N–H and O–H groups in total. The summed E-state index contributed by atoms with van der Waals surface area (Å²) >= 11 is 0. The highest BCUT2D eigenvalue weighted by Crippen LogP contribution is 2.12. The van der Waals surface area contributed by atoms with Gasteiger partial charge >= 0.3 is 0 Å². The summed E-state index contributed by atoms with van der Waals surface area (Å²) in [4.78, 5) is 0. The van der Waals surface area contributed by atoms with Crippen LogP contribution in [-0.4, -0.2) is 24.4 Å². The monoisotopic (exact) mass is 114 g/mol. The van der Waals surface area contributed by atoms with E-state index in [1.54, 1.807) is 6.08 Å². The Bertz CT molecular complexity index is 90.5. The van der Waals surface area contributed by atoms with Crippen molar-refractivity contribution in [1.29, 1.82) is 0 Å². The number of hydrogen-bond acceptors (Lipinski definition) is 2. The molecule has 0 spiro atoms. The van der Waals surface area contributed by atoms with Gasteiger partial charge in [0.05, 0.1) is 19.3 Å². The van der Waals surface area contributed by atoms with Crippen molar-refractivity contribution >= 4 is 0 Å². The molecule has 0 aromatic rings. The molecule has 2 heteroatoms. The summed E-state index contributed by atoms with van der Waals surface area (Å²) in [5.74, 6) is 0.162. The lowest BCUT2D eigenvalue weighted by Crippen LogP contribution is -2.14. The fourth-order valence-electron chi connectivity index (χ4n) is 0.785. The second-order valence-electron chi connectivity index (χ2n) is 2.00. The highest BCUT2D eigenvalue weighted by atomic mass is 16.5. The van der Waals surface area contributed by atoms with Crippen LogP contribution in [0.2, 0.25) is 0 Å². The third-order valence-electron chi connectivity index (χ3n) is 1.40. The highest BCUT2D eigenvalue weighted by Gasteiger charge is 2.22. The molecule has 8 heavy (non-hydrogen) atoms. The Kier molecular flexibility index (Phi) is 1.65. The minimum absolute atomic E-state index is 0.162. The molecule has 0 radical (unpaired) electrons. The Balaban J connectivity index is 2.41. The molecule has 0 bridgehead atoms. The summed E-state index contributed by atoms with van der Waals surface area (Å²) in [5, 5.41) is 8.99. The molecule has 2 unspecified atom stereocenters. The van der Waals surface area contributed by atoms with Gasteiger partial charge in [0.2, 0.25) is 0 Å². The van der Waals surface area contributed by atoms with Crippen LogP contribution in [0, 0.1) is 5.92 Å². The van der Waals surface area contributed by atoms with Gasteiger partial charge in [0.15, 0.2) is 0 Å². The second kappa shape index (κ2) is 2.29. The second-order valence-corrected chi connectivity index (χ2v) is 2.00. The number of aliphatic hydroxyl groups is 1. The van der Waals surface area contributed by atoms with Crippen LogP contribution in [-0.2, 0) is 4.74 Å². The van der Waals surface area contributed by atoms with E-state index in [-0.39, 0.29) is 12.0 Å². The maximum Gasteiger partial charge on any atom is 0.0858 e. The minimum atomic E-state index is -0.313. The summed E-state index contributed by atoms with van der Waals surface area (Å²) in [6.07, 6.45) is 1.42. The lowest BCUT2D eigenvalue weighted by Gasteiger charge is -2.02. The Morgan fingerprint density at radius 1 is 1.62 bits per heavy atom. The summed E-state index contributed by atoms with van der Waals surface area (Å²) in [6.45, 7) is 4.65. The molecule has 0 saturated carbocycles. The normalized spacial score (nSPS) is 37.6. The lowest BCUT2D eigenvalue weighted by molar-refractivity contribution is 0.123. The maximum absolute atomic E-state index is 8.99. The molecule has 0 amide bonds. The van der Waals surface area contributed by atoms with Gasteiger partial charge in [-0.1, -0.05) is 6.08 Å². The molecule has 1 saturated heterocycles. The number of ether oxygens (including phenoxy) is 1. The fourth-order valence-corrected chi connectivity index (χ4v) is 0.785. The lowest BCUT2D eigenvalue weighted by atomic mass is 10.1. The smallest absolute Gasteiger partial charge is 0.0858 e. The van der Waals surface area contributed by atoms with Gasteiger partial charge in [-0.3, -0.25) is 0 Å². The Morgan fingerprint density at radius 3 is 2.62 bits per heavy atom. The van der Waals surface area contributed by atoms with Crippen LogP contribution in [0.3, 0.4) is 0 Å². The molecule has 0 aromatic heterocycles. The molecule has 1 fully saturated rings. The standard InChI is InChI=1S/C6H10O2/c1-2-5-3-8-4-6(5)7/h2,5-7H,1,3-4H2. The van der Waals surface area contributed by atoms with Crippen molar-refractivity contribution in [3.8, 4) is 0 Å². The fraction of sp³-hybridized carbons (Fsp3) is 0.667. The van der Waals surface area contributed by atoms with Gasteiger partial charge in [0.1, 0.15) is 0 Å². The molecule has 2 nitrogen and oxygen atoms in total. The number of hydrogen-bond donors (Lipinski definition) is 1. The van der Waals surface area contributed by atoms with Gasteiger partial charge in [0, 0.05) is 5.92 Å². The summed E-state index contributed by atoms with van der Waals surface area (Å²) in [7, 11) is 0. The van der Waals surface area contributed by atoms with E-state index in [2.05, 4.69) is 6.58 Å². The summed E-state index contributed by atoms with van der Waals surface area (Å²) in [6, 6.07) is 0. The van der Waals surface area contributed by atoms with Gasteiger partial charge < -0.3 is 9.84 Å². The molecule has 1 rings (SSSR count). The van der Waals surface area contributed by atoms with Crippen molar-refractivity contribution < 1.29 is 9.84 Å². The molecule has 2 atom stereocenters. The van der Waals surface area contributed by atoms with Crippen LogP contribution in [0.25, 0.3) is 0 Å². The van der Waals surface area contributed by atoms with Crippen LogP contribution in [0.15, 0.2) is 12.7 Å². The van der Waals surface area contributed by atoms with Crippen molar-refractivity contribution in [3.05, 3.63) is 12.7 Å². The first-order chi connectivity index (χ1) is 3.84. The zero-order chi connectivity index (χ0) is 5.98. The van der Waals surface area contributed by atoms with E-state index in [9.17, 15) is 0 Å². The van der Waals surface area contributed by atoms with Crippen LogP contribution in [0.5, 0.6) is 0 Å². The molecule has 0 aromatic carbocycles. The third kappa shape index (κ3) is 0.904. The summed E-state index contributed by atoms with van der Waals surface area (Å²) in [5.41, 5.74) is 0. The topological polar surface area (TPSA) is 29.5 Å². The van der Waals surface area contributed by atoms with E-state index in [0.717, 1.165) is 0 Å². The van der Waals surface area contributed by atoms with Crippen molar-refractivity contribution in [2.75, 3.05) is 13.2 Å². The molecule has 46 valence electrons. The van der Waals surface area contributed by atoms with Gasteiger partial charge in [-0.2, -0.15) is 0 Å². The van der Waals surface area contributed by atoms with Gasteiger partial charge in [-0.25, -0.2) is 0 Å². The van der Waals surface area contributed by atoms with Crippen LogP contribution >= 0.6 is 0 Å². The van der Waals surface area contributed by atoms with Crippen LogP contribution in [0.1, 0.15) is 0 Å². The molecular weight excluding hydrogens is 104 g/mol. The maximum atomic E-state index is 8.99. The number of aliphatic hydroxyl groups excluding tert-OH is 1. The third-order valence-corrected chi connectivity index (χ3v) is 1.40. The number of rotatable bonds is 1. The van der Waals surface area contributed by atoms with E-state index in [1.165, 1.54) is 0 Å². The first kappa shape index (κ1) is 5.79. The van der Waals surface area contributed by atoms with E-state index in [0.29, 0.717) is 13.2 Å². The SMILES string of the molecule is C=CC1COCC1O. The van der Waals surface area contributed by atoms with Gasteiger partial charge in [-0.05, 0) is 0 Å². The predicted molar refractivity (Wildman–Crippen MR) is 30.5 cm³/mol. The largest absolute Gasteiger partial charge is 0.390 e. The van der Waals surface area contributed by atoms with E-state index < -0.39 is 0 Å². The molecule has 1 heterocycles. The average molecular weight is 114 g/mol. The molecule has 1 aliphatic heterocycles. The minimum Gasteiger partial charge on any atom is -0.390 e. The Hall–Kier alpha value is -0.340. The van der Waals surface area contributed by atoms with Crippen LogP contribution < -0.4 is 0 Å². The molecule has 1 aliphatic rings. The average Bonchev–Trinajstić information content (AvgIpc) is 2.14. The van der Waals surface area contributed by atoms with Crippen molar-refractivity contribution in [3.63, 3.8) is 0 Å². The zero-order valence-electron chi connectivity index (χ0n) is 4.71. The van der Waals surface area contributed by atoms with Gasteiger partial charge in [0.25, 0.3) is 0 Å². The molecular formula is C6H10O2. The van der Waals surface area contributed by atoms with Crippen molar-refractivity contribution in [2.45, 2.75) is 6.10 Å². The van der Waals surface area contributed by atoms with Crippen molar-refractivity contribution in [2.24, 2.45) is 5.92 Å². The first-order valence-electron chi connectivity index (χ1n) is 2.73. The van der Waals surface area contributed by atoms with E-state index in [4.69, 9.17) is 9.84 Å². The van der Waals surface area contributed by atoms with Crippen molar-refractivity contribution in [1.82, 2.24) is 0 Å². The van der Waals surface area contributed by atoms with E-state index in [1.807, 2.05) is 0 Å². The first-order valence-corrected chi connectivity index (χ1v) is 2.73. The molecule has 0 aliphatic carbocycles. The summed E-state index contributed by atoms with van der Waals surface area (Å²) < 4.78 is 4.94. The van der Waals surface area contributed by atoms with Gasteiger partial charge in [-0.15, -0.1) is 6.58 Å². The zero-order valence-corrected chi connectivity index (χ0v) is 4.71. The quantitative estimate of drug-likeness (QED) is 0.493.